The van der Waals surface area contributed by atoms with Gasteiger partial charge in [-0.1, -0.05) is 44.4 Å². The summed E-state index contributed by atoms with van der Waals surface area (Å²) < 4.78 is 2.03. The molecule has 2 atom stereocenters. The van der Waals surface area contributed by atoms with Crippen molar-refractivity contribution in [2.24, 2.45) is 7.05 Å². The van der Waals surface area contributed by atoms with Crippen molar-refractivity contribution in [1.29, 1.82) is 0 Å². The largest absolute Gasteiger partial charge is 0.313 e. The van der Waals surface area contributed by atoms with Crippen LogP contribution in [0.15, 0.2) is 11.5 Å². The van der Waals surface area contributed by atoms with E-state index in [9.17, 15) is 0 Å². The van der Waals surface area contributed by atoms with Crippen molar-refractivity contribution in [3.8, 4) is 0 Å². The van der Waals surface area contributed by atoms with Gasteiger partial charge >= 0.3 is 0 Å². The van der Waals surface area contributed by atoms with E-state index in [2.05, 4.69) is 22.4 Å². The minimum atomic E-state index is 0.627. The molecule has 1 aliphatic carbocycles. The maximum Gasteiger partial charge on any atom is 0.191 e. The van der Waals surface area contributed by atoms with Crippen molar-refractivity contribution in [2.45, 2.75) is 68.3 Å². The zero-order valence-electron chi connectivity index (χ0n) is 12.1. The number of nitrogens with zero attached hydrogens (tertiary/aromatic N) is 3. The molecule has 0 spiro atoms. The third-order valence-electron chi connectivity index (χ3n) is 3.79. The lowest BCUT2D eigenvalue weighted by atomic mass is 9.96. The number of thioether (sulfide) groups is 1. The van der Waals surface area contributed by atoms with Gasteiger partial charge in [-0.2, -0.15) is 0 Å². The molecule has 19 heavy (non-hydrogen) atoms. The van der Waals surface area contributed by atoms with Gasteiger partial charge in [0.05, 0.1) is 0 Å². The average molecular weight is 282 g/mol. The van der Waals surface area contributed by atoms with Gasteiger partial charge in [0.1, 0.15) is 6.33 Å². The quantitative estimate of drug-likeness (QED) is 0.901. The Morgan fingerprint density at radius 2 is 2.11 bits per heavy atom. The Bertz CT molecular complexity index is 364. The van der Waals surface area contributed by atoms with Crippen molar-refractivity contribution < 1.29 is 0 Å². The zero-order chi connectivity index (χ0) is 13.5. The molecule has 1 aliphatic rings. The van der Waals surface area contributed by atoms with Gasteiger partial charge in [-0.15, -0.1) is 10.2 Å². The summed E-state index contributed by atoms with van der Waals surface area (Å²) >= 11 is 1.91. The second kappa shape index (κ2) is 7.90. The summed E-state index contributed by atoms with van der Waals surface area (Å²) in [6, 6.07) is 0.627. The summed E-state index contributed by atoms with van der Waals surface area (Å²) in [6.45, 7) is 3.36. The fourth-order valence-corrected chi connectivity index (χ4v) is 3.93. The molecule has 0 aromatic carbocycles. The average Bonchev–Trinajstić information content (AvgIpc) is 2.78. The molecule has 0 amide bonds. The van der Waals surface area contributed by atoms with Crippen LogP contribution in [0.5, 0.6) is 0 Å². The highest BCUT2D eigenvalue weighted by molar-refractivity contribution is 7.99. The van der Waals surface area contributed by atoms with Crippen LogP contribution in [0, 0.1) is 0 Å². The topological polar surface area (TPSA) is 42.7 Å². The van der Waals surface area contributed by atoms with E-state index < -0.39 is 0 Å². The molecule has 0 saturated heterocycles. The molecular formula is C14H26N4S. The van der Waals surface area contributed by atoms with Gasteiger partial charge in [0.2, 0.25) is 0 Å². The molecule has 2 rings (SSSR count). The Morgan fingerprint density at radius 3 is 2.79 bits per heavy atom. The van der Waals surface area contributed by atoms with Crippen molar-refractivity contribution in [3.63, 3.8) is 0 Å². The van der Waals surface area contributed by atoms with E-state index in [1.165, 1.54) is 44.9 Å². The molecule has 0 bridgehead atoms. The SMILES string of the molecule is CCCNC1CCCCCCC1Sc1nncn1C. The van der Waals surface area contributed by atoms with Crippen molar-refractivity contribution in [1.82, 2.24) is 20.1 Å². The standard InChI is InChI=1S/C14H26N4S/c1-3-10-15-12-8-6-4-5-7-9-13(12)19-14-17-16-11-18(14)2/h11-13,15H,3-10H2,1-2H3. The van der Waals surface area contributed by atoms with E-state index in [0.29, 0.717) is 11.3 Å². The molecule has 1 N–H and O–H groups in total. The molecule has 0 radical (unpaired) electrons. The molecule has 1 fully saturated rings. The highest BCUT2D eigenvalue weighted by Gasteiger charge is 2.24. The summed E-state index contributed by atoms with van der Waals surface area (Å²) in [4.78, 5) is 0. The minimum Gasteiger partial charge on any atom is -0.313 e. The normalized spacial score (nSPS) is 24.9. The molecule has 2 unspecified atom stereocenters. The Hall–Kier alpha value is -0.550. The fraction of sp³-hybridized carbons (Fsp3) is 0.857. The van der Waals surface area contributed by atoms with Crippen molar-refractivity contribution >= 4 is 11.8 Å². The second-order valence-electron chi connectivity index (χ2n) is 5.43. The summed E-state index contributed by atoms with van der Waals surface area (Å²) in [7, 11) is 2.03. The smallest absolute Gasteiger partial charge is 0.191 e. The Labute approximate surface area is 120 Å². The van der Waals surface area contributed by atoms with E-state index in [1.807, 2.05) is 23.4 Å². The van der Waals surface area contributed by atoms with Crippen LogP contribution in [0.25, 0.3) is 0 Å². The van der Waals surface area contributed by atoms with Crippen LogP contribution in [-0.2, 0) is 7.05 Å². The van der Waals surface area contributed by atoms with Gasteiger partial charge in [0, 0.05) is 18.3 Å². The second-order valence-corrected chi connectivity index (χ2v) is 6.64. The molecule has 108 valence electrons. The van der Waals surface area contributed by atoms with Crippen LogP contribution in [0.1, 0.15) is 51.9 Å². The van der Waals surface area contributed by atoms with Gasteiger partial charge in [-0.25, -0.2) is 0 Å². The highest BCUT2D eigenvalue weighted by Crippen LogP contribution is 2.31. The van der Waals surface area contributed by atoms with E-state index >= 15 is 0 Å². The Balaban J connectivity index is 1.99. The van der Waals surface area contributed by atoms with E-state index in [-0.39, 0.29) is 0 Å². The molecule has 1 heterocycles. The predicted molar refractivity (Wildman–Crippen MR) is 80.4 cm³/mol. The summed E-state index contributed by atoms with van der Waals surface area (Å²) in [5.74, 6) is 0. The van der Waals surface area contributed by atoms with Crippen LogP contribution >= 0.6 is 11.8 Å². The van der Waals surface area contributed by atoms with Crippen LogP contribution in [-0.4, -0.2) is 32.6 Å². The van der Waals surface area contributed by atoms with E-state index in [1.54, 1.807) is 6.33 Å². The van der Waals surface area contributed by atoms with Crippen LogP contribution in [0.3, 0.4) is 0 Å². The van der Waals surface area contributed by atoms with Gasteiger partial charge in [-0.3, -0.25) is 0 Å². The van der Waals surface area contributed by atoms with Crippen molar-refractivity contribution in [3.05, 3.63) is 6.33 Å². The lowest BCUT2D eigenvalue weighted by Gasteiger charge is -2.29. The highest BCUT2D eigenvalue weighted by atomic mass is 32.2. The summed E-state index contributed by atoms with van der Waals surface area (Å²) in [5, 5.41) is 13.6. The van der Waals surface area contributed by atoms with Crippen LogP contribution in [0.2, 0.25) is 0 Å². The number of rotatable bonds is 5. The van der Waals surface area contributed by atoms with Crippen molar-refractivity contribution in [2.75, 3.05) is 6.54 Å². The number of hydrogen-bond donors (Lipinski definition) is 1. The molecule has 1 saturated carbocycles. The molecular weight excluding hydrogens is 256 g/mol. The minimum absolute atomic E-state index is 0.627. The molecule has 4 nitrogen and oxygen atoms in total. The summed E-state index contributed by atoms with van der Waals surface area (Å²) in [5.41, 5.74) is 0. The Morgan fingerprint density at radius 1 is 1.32 bits per heavy atom. The fourth-order valence-electron chi connectivity index (χ4n) is 2.67. The number of hydrogen-bond acceptors (Lipinski definition) is 4. The molecule has 1 aromatic heterocycles. The van der Waals surface area contributed by atoms with Gasteiger partial charge in [0.15, 0.2) is 5.16 Å². The summed E-state index contributed by atoms with van der Waals surface area (Å²) in [6.07, 6.45) is 11.1. The number of aryl methyl sites for hydroxylation is 1. The predicted octanol–water partition coefficient (Wildman–Crippen LogP) is 3.00. The monoisotopic (exact) mass is 282 g/mol. The van der Waals surface area contributed by atoms with Crippen LogP contribution in [0.4, 0.5) is 0 Å². The maximum absolute atomic E-state index is 4.23. The first-order valence-electron chi connectivity index (χ1n) is 7.55. The maximum atomic E-state index is 4.23. The number of nitrogens with one attached hydrogen (secondary N) is 1. The lowest BCUT2D eigenvalue weighted by molar-refractivity contribution is 0.399. The molecule has 1 aromatic rings. The first kappa shape index (κ1) is 14.9. The number of aromatic nitrogens is 3. The third-order valence-corrected chi connectivity index (χ3v) is 5.23. The van der Waals surface area contributed by atoms with Crippen LogP contribution < -0.4 is 5.32 Å². The first-order chi connectivity index (χ1) is 9.31. The first-order valence-corrected chi connectivity index (χ1v) is 8.43. The van der Waals surface area contributed by atoms with Gasteiger partial charge < -0.3 is 9.88 Å². The van der Waals surface area contributed by atoms with Gasteiger partial charge in [0.25, 0.3) is 0 Å². The molecule has 5 heteroatoms. The van der Waals surface area contributed by atoms with E-state index in [0.717, 1.165) is 11.7 Å². The molecule has 0 aliphatic heterocycles. The van der Waals surface area contributed by atoms with Gasteiger partial charge in [-0.05, 0) is 25.8 Å². The Kier molecular flexibility index (Phi) is 6.17. The lowest BCUT2D eigenvalue weighted by Crippen LogP contribution is -2.39. The third kappa shape index (κ3) is 4.49. The van der Waals surface area contributed by atoms with E-state index in [4.69, 9.17) is 0 Å². The zero-order valence-corrected chi connectivity index (χ0v) is 13.0.